The fourth-order valence-corrected chi connectivity index (χ4v) is 3.38. The van der Waals surface area contributed by atoms with E-state index in [0.717, 1.165) is 17.0 Å². The zero-order valence-corrected chi connectivity index (χ0v) is 14.5. The number of tetrazole rings is 1. The van der Waals surface area contributed by atoms with Gasteiger partial charge in [-0.15, -0.1) is 5.10 Å². The summed E-state index contributed by atoms with van der Waals surface area (Å²) >= 11 is 13.5. The number of fused-ring (bicyclic) bond motifs is 1. The lowest BCUT2D eigenvalue weighted by atomic mass is 10.2. The smallest absolute Gasteiger partial charge is 0.231 e. The van der Waals surface area contributed by atoms with Gasteiger partial charge in [-0.25, -0.2) is 0 Å². The van der Waals surface area contributed by atoms with Crippen LogP contribution < -0.4 is 9.47 Å². The number of rotatable bonds is 4. The summed E-state index contributed by atoms with van der Waals surface area (Å²) in [5.41, 5.74) is 1.84. The van der Waals surface area contributed by atoms with Crippen LogP contribution >= 0.6 is 35.0 Å². The van der Waals surface area contributed by atoms with E-state index in [9.17, 15) is 0 Å². The Bertz CT molecular complexity index is 903. The van der Waals surface area contributed by atoms with Crippen LogP contribution in [0.1, 0.15) is 5.56 Å². The molecule has 0 saturated heterocycles. The van der Waals surface area contributed by atoms with E-state index in [2.05, 4.69) is 15.5 Å². The lowest BCUT2D eigenvalue weighted by molar-refractivity contribution is 0.174. The second-order valence-electron chi connectivity index (χ2n) is 4.95. The molecule has 9 heteroatoms. The maximum Gasteiger partial charge on any atom is 0.231 e. The van der Waals surface area contributed by atoms with Crippen LogP contribution in [0.15, 0.2) is 41.6 Å². The Morgan fingerprint density at radius 3 is 2.79 bits per heavy atom. The number of hydrogen-bond donors (Lipinski definition) is 0. The minimum atomic E-state index is 0.229. The second-order valence-corrected chi connectivity index (χ2v) is 6.70. The van der Waals surface area contributed by atoms with Crippen molar-refractivity contribution in [3.05, 3.63) is 52.0 Å². The molecule has 1 aromatic heterocycles. The summed E-state index contributed by atoms with van der Waals surface area (Å²) in [5, 5.41) is 13.6. The lowest BCUT2D eigenvalue weighted by Gasteiger charge is -2.06. The molecule has 1 aliphatic heterocycles. The zero-order chi connectivity index (χ0) is 16.5. The van der Waals surface area contributed by atoms with Crippen molar-refractivity contribution in [2.24, 2.45) is 0 Å². The monoisotopic (exact) mass is 380 g/mol. The Hall–Kier alpha value is -1.96. The molecule has 1 aliphatic rings. The average molecular weight is 381 g/mol. The van der Waals surface area contributed by atoms with Gasteiger partial charge in [-0.2, -0.15) is 4.68 Å². The predicted octanol–water partition coefficient (Wildman–Crippen LogP) is 3.99. The van der Waals surface area contributed by atoms with E-state index in [1.165, 1.54) is 11.8 Å². The summed E-state index contributed by atoms with van der Waals surface area (Å²) in [4.78, 5) is 0. The van der Waals surface area contributed by atoms with Gasteiger partial charge in [0.05, 0.1) is 15.7 Å². The Morgan fingerprint density at radius 2 is 1.92 bits per heavy atom. The number of benzene rings is 2. The minimum absolute atomic E-state index is 0.229. The molecule has 0 N–H and O–H groups in total. The van der Waals surface area contributed by atoms with E-state index in [4.69, 9.17) is 32.7 Å². The first-order chi connectivity index (χ1) is 11.7. The van der Waals surface area contributed by atoms with Crippen LogP contribution in [0, 0.1) is 0 Å². The molecule has 24 heavy (non-hydrogen) atoms. The minimum Gasteiger partial charge on any atom is -0.454 e. The molecule has 3 aromatic rings. The average Bonchev–Trinajstić information content (AvgIpc) is 3.23. The van der Waals surface area contributed by atoms with Crippen molar-refractivity contribution in [2.75, 3.05) is 6.79 Å². The van der Waals surface area contributed by atoms with Gasteiger partial charge in [0.2, 0.25) is 11.9 Å². The van der Waals surface area contributed by atoms with Gasteiger partial charge in [-0.05, 0) is 40.3 Å². The number of halogens is 2. The summed E-state index contributed by atoms with van der Waals surface area (Å²) in [5.74, 6) is 2.07. The lowest BCUT2D eigenvalue weighted by Crippen LogP contribution is -1.99. The number of hydrogen-bond acceptors (Lipinski definition) is 6. The topological polar surface area (TPSA) is 62.1 Å². The highest BCUT2D eigenvalue weighted by Crippen LogP contribution is 2.34. The molecule has 0 fully saturated rings. The summed E-state index contributed by atoms with van der Waals surface area (Å²) in [7, 11) is 0. The highest BCUT2D eigenvalue weighted by atomic mass is 35.5. The van der Waals surface area contributed by atoms with Crippen LogP contribution in [-0.4, -0.2) is 27.0 Å². The van der Waals surface area contributed by atoms with Crippen LogP contribution in [0.4, 0.5) is 0 Å². The molecule has 2 aromatic carbocycles. The molecule has 122 valence electrons. The van der Waals surface area contributed by atoms with Gasteiger partial charge in [0, 0.05) is 11.8 Å². The van der Waals surface area contributed by atoms with Gasteiger partial charge in [-0.1, -0.05) is 41.0 Å². The number of nitrogens with zero attached hydrogens (tertiary/aromatic N) is 4. The van der Waals surface area contributed by atoms with Gasteiger partial charge in [0.15, 0.2) is 11.5 Å². The molecular weight excluding hydrogens is 371 g/mol. The molecule has 4 rings (SSSR count). The zero-order valence-electron chi connectivity index (χ0n) is 12.1. The van der Waals surface area contributed by atoms with Crippen LogP contribution in [0.3, 0.4) is 0 Å². The first-order valence-electron chi connectivity index (χ1n) is 6.96. The molecule has 0 unspecified atom stereocenters. The molecule has 0 amide bonds. The van der Waals surface area contributed by atoms with Gasteiger partial charge in [-0.3, -0.25) is 0 Å². The summed E-state index contributed by atoms with van der Waals surface area (Å²) in [6.07, 6.45) is 0. The Balaban J connectivity index is 1.55. The Labute approximate surface area is 151 Å². The molecule has 6 nitrogen and oxygen atoms in total. The molecular formula is C15H10Cl2N4O2S. The highest BCUT2D eigenvalue weighted by Gasteiger charge is 2.16. The van der Waals surface area contributed by atoms with E-state index >= 15 is 0 Å². The van der Waals surface area contributed by atoms with Crippen molar-refractivity contribution in [3.63, 3.8) is 0 Å². The van der Waals surface area contributed by atoms with E-state index in [0.29, 0.717) is 26.7 Å². The molecule has 0 saturated carbocycles. The normalized spacial score (nSPS) is 12.6. The van der Waals surface area contributed by atoms with Crippen LogP contribution in [-0.2, 0) is 5.75 Å². The van der Waals surface area contributed by atoms with Gasteiger partial charge in [0.1, 0.15) is 0 Å². The molecule has 0 atom stereocenters. The summed E-state index contributed by atoms with van der Waals surface area (Å²) in [6.45, 7) is 0.229. The predicted molar refractivity (Wildman–Crippen MR) is 91.3 cm³/mol. The van der Waals surface area contributed by atoms with Crippen molar-refractivity contribution < 1.29 is 9.47 Å². The number of thioether (sulfide) groups is 1. The van der Waals surface area contributed by atoms with E-state index in [-0.39, 0.29) is 6.79 Å². The van der Waals surface area contributed by atoms with Crippen LogP contribution in [0.25, 0.3) is 5.69 Å². The van der Waals surface area contributed by atoms with Gasteiger partial charge >= 0.3 is 0 Å². The molecule has 2 heterocycles. The first kappa shape index (κ1) is 15.6. The molecule has 0 aliphatic carbocycles. The maximum atomic E-state index is 6.04. The van der Waals surface area contributed by atoms with Crippen molar-refractivity contribution in [2.45, 2.75) is 10.9 Å². The largest absolute Gasteiger partial charge is 0.454 e. The van der Waals surface area contributed by atoms with Crippen molar-refractivity contribution >= 4 is 35.0 Å². The fourth-order valence-electron chi connectivity index (χ4n) is 2.23. The third kappa shape index (κ3) is 3.02. The maximum absolute atomic E-state index is 6.04. The van der Waals surface area contributed by atoms with Gasteiger partial charge < -0.3 is 9.47 Å². The SMILES string of the molecule is Clc1ccc(CSc2nnnn2-c2ccc3c(c2)OCO3)cc1Cl. The standard InChI is InChI=1S/C15H10Cl2N4O2S/c16-11-3-1-9(5-12(11)17)7-24-15-18-19-20-21(15)10-2-4-13-14(6-10)23-8-22-13/h1-6H,7-8H2. The van der Waals surface area contributed by atoms with E-state index in [1.54, 1.807) is 10.7 Å². The van der Waals surface area contributed by atoms with Crippen LogP contribution in [0.5, 0.6) is 11.5 Å². The first-order valence-corrected chi connectivity index (χ1v) is 8.70. The molecule has 0 spiro atoms. The third-order valence-corrected chi connectivity index (χ3v) is 5.12. The van der Waals surface area contributed by atoms with Crippen molar-refractivity contribution in [1.29, 1.82) is 0 Å². The quantitative estimate of drug-likeness (QED) is 0.637. The number of ether oxygens (including phenoxy) is 2. The van der Waals surface area contributed by atoms with Crippen molar-refractivity contribution in [3.8, 4) is 17.2 Å². The number of aromatic nitrogens is 4. The third-order valence-electron chi connectivity index (χ3n) is 3.39. The van der Waals surface area contributed by atoms with E-state index < -0.39 is 0 Å². The molecule has 0 radical (unpaired) electrons. The Kier molecular flexibility index (Phi) is 4.22. The van der Waals surface area contributed by atoms with Crippen LogP contribution in [0.2, 0.25) is 10.0 Å². The van der Waals surface area contributed by atoms with Crippen molar-refractivity contribution in [1.82, 2.24) is 20.2 Å². The Morgan fingerprint density at radius 1 is 1.04 bits per heavy atom. The summed E-state index contributed by atoms with van der Waals surface area (Å²) < 4.78 is 12.4. The summed E-state index contributed by atoms with van der Waals surface area (Å²) in [6, 6.07) is 11.1. The fraction of sp³-hybridized carbons (Fsp3) is 0.133. The van der Waals surface area contributed by atoms with Gasteiger partial charge in [0.25, 0.3) is 0 Å². The highest BCUT2D eigenvalue weighted by molar-refractivity contribution is 7.98. The molecule has 0 bridgehead atoms. The van der Waals surface area contributed by atoms with E-state index in [1.807, 2.05) is 30.3 Å². The second kappa shape index (κ2) is 6.51.